The van der Waals surface area contributed by atoms with Gasteiger partial charge < -0.3 is 37.6 Å². The van der Waals surface area contributed by atoms with E-state index in [2.05, 4.69) is 20.9 Å². The van der Waals surface area contributed by atoms with Gasteiger partial charge in [0.2, 0.25) is 23.6 Å². The van der Waals surface area contributed by atoms with Crippen LogP contribution in [0.25, 0.3) is 0 Å². The summed E-state index contributed by atoms with van der Waals surface area (Å²) < 4.78 is 0. The molecule has 3 atom stereocenters. The second-order valence-corrected chi connectivity index (χ2v) is 8.72. The van der Waals surface area contributed by atoms with E-state index in [1.54, 1.807) is 24.3 Å². The highest BCUT2D eigenvalue weighted by Crippen LogP contribution is 2.13. The lowest BCUT2D eigenvalue weighted by Gasteiger charge is -2.25. The van der Waals surface area contributed by atoms with Gasteiger partial charge in [0.1, 0.15) is 29.6 Å². The summed E-state index contributed by atoms with van der Waals surface area (Å²) in [4.78, 5) is 54.1. The molecule has 0 bridgehead atoms. The summed E-state index contributed by atoms with van der Waals surface area (Å²) >= 11 is 0. The van der Waals surface area contributed by atoms with Gasteiger partial charge >= 0.3 is 0 Å². The molecule has 204 valence electrons. The van der Waals surface area contributed by atoms with Gasteiger partial charge in [0.25, 0.3) is 0 Å². The number of benzene rings is 2. The van der Waals surface area contributed by atoms with Gasteiger partial charge in [-0.15, -0.1) is 0 Å². The monoisotopic (exact) mass is 526 g/mol. The first-order valence-electron chi connectivity index (χ1n) is 12.0. The third kappa shape index (κ3) is 10.2. The minimum Gasteiger partial charge on any atom is -0.508 e. The molecule has 0 aliphatic carbocycles. The Labute approximate surface area is 220 Å². The van der Waals surface area contributed by atoms with E-state index >= 15 is 0 Å². The highest BCUT2D eigenvalue weighted by Gasteiger charge is 2.29. The lowest BCUT2D eigenvalue weighted by molar-refractivity contribution is -0.133. The molecule has 38 heavy (non-hydrogen) atoms. The summed E-state index contributed by atoms with van der Waals surface area (Å²) in [6, 6.07) is 9.13. The second-order valence-electron chi connectivity index (χ2n) is 8.72. The number of aliphatic imine (C=N–C) groups is 1. The van der Waals surface area contributed by atoms with Crippen LogP contribution in [-0.2, 0) is 32.0 Å². The quantitative estimate of drug-likeness (QED) is 0.0983. The van der Waals surface area contributed by atoms with Crippen LogP contribution in [0.3, 0.4) is 0 Å². The fraction of sp³-hybridized carbons (Fsp3) is 0.346. The molecule has 0 aliphatic rings. The molecule has 2 rings (SSSR count). The number of amides is 4. The van der Waals surface area contributed by atoms with Crippen LogP contribution in [0.2, 0.25) is 0 Å². The molecular formula is C26H34N6O6. The third-order valence-corrected chi connectivity index (χ3v) is 5.62. The Balaban J connectivity index is 2.18. The number of rotatable bonds is 14. The molecule has 3 unspecified atom stereocenters. The smallest absolute Gasteiger partial charge is 0.243 e. The van der Waals surface area contributed by atoms with Crippen molar-refractivity contribution in [2.24, 2.45) is 16.5 Å². The second kappa shape index (κ2) is 14.8. The maximum atomic E-state index is 13.2. The zero-order valence-corrected chi connectivity index (χ0v) is 21.1. The Morgan fingerprint density at radius 2 is 1.29 bits per heavy atom. The third-order valence-electron chi connectivity index (χ3n) is 5.62. The van der Waals surface area contributed by atoms with Crippen LogP contribution in [0.15, 0.2) is 53.5 Å². The van der Waals surface area contributed by atoms with Crippen molar-refractivity contribution >= 4 is 30.0 Å². The van der Waals surface area contributed by atoms with Crippen LogP contribution in [0.1, 0.15) is 30.9 Å². The molecule has 4 amide bonds. The number of phenolic OH excluding ortho intramolecular Hbond substituents is 2. The maximum Gasteiger partial charge on any atom is 0.243 e. The van der Waals surface area contributed by atoms with Gasteiger partial charge in [-0.2, -0.15) is 0 Å². The van der Waals surface area contributed by atoms with Crippen molar-refractivity contribution in [2.45, 2.75) is 50.7 Å². The molecule has 0 spiro atoms. The number of hydrogen-bond acceptors (Lipinski definition) is 7. The number of carbonyl (C=O) groups is 4. The highest BCUT2D eigenvalue weighted by molar-refractivity contribution is 5.94. The molecule has 0 saturated carbocycles. The Morgan fingerprint density at radius 1 is 0.816 bits per heavy atom. The molecule has 2 aromatic rings. The summed E-state index contributed by atoms with van der Waals surface area (Å²) in [6.45, 7) is 1.58. The van der Waals surface area contributed by atoms with E-state index in [-0.39, 0.29) is 30.8 Å². The van der Waals surface area contributed by atoms with E-state index in [0.717, 1.165) is 6.34 Å². The molecule has 0 saturated heterocycles. The molecule has 0 fully saturated rings. The zero-order chi connectivity index (χ0) is 28.1. The largest absolute Gasteiger partial charge is 0.508 e. The van der Waals surface area contributed by atoms with Gasteiger partial charge in [0.05, 0.1) is 6.34 Å². The number of carbonyl (C=O) groups excluding carboxylic acids is 4. The standard InChI is InChI=1S/C26H34N6O6/c1-16(33)30-23(14-18-6-10-20(35)11-7-18)26(38)31-21(3-2-12-29-15-27)25(37)32-22(24(28)36)13-17-4-8-19(34)9-5-17/h4-11,15,21-23,34-35H,2-3,12-14H2,1H3,(H2,27,29)(H2,28,36)(H,30,33)(H,31,38)(H,32,37). The molecule has 0 aliphatic heterocycles. The Morgan fingerprint density at radius 3 is 1.76 bits per heavy atom. The van der Waals surface area contributed by atoms with Crippen molar-refractivity contribution in [3.8, 4) is 11.5 Å². The first-order valence-corrected chi connectivity index (χ1v) is 12.0. The SMILES string of the molecule is CC(=O)NC(Cc1ccc(O)cc1)C(=O)NC(CCCN=CN)C(=O)NC(Cc1ccc(O)cc1)C(N)=O. The maximum absolute atomic E-state index is 13.2. The fourth-order valence-electron chi connectivity index (χ4n) is 3.69. The van der Waals surface area contributed by atoms with Crippen LogP contribution in [0.5, 0.6) is 11.5 Å². The molecule has 2 aromatic carbocycles. The van der Waals surface area contributed by atoms with Crippen molar-refractivity contribution < 1.29 is 29.4 Å². The number of aromatic hydroxyl groups is 2. The van der Waals surface area contributed by atoms with E-state index in [9.17, 15) is 29.4 Å². The van der Waals surface area contributed by atoms with E-state index in [1.165, 1.54) is 31.2 Å². The minimum atomic E-state index is -1.07. The summed E-state index contributed by atoms with van der Waals surface area (Å²) in [5.74, 6) is -2.34. The summed E-state index contributed by atoms with van der Waals surface area (Å²) in [6.07, 6.45) is 1.90. The molecular weight excluding hydrogens is 492 g/mol. The molecule has 0 heterocycles. The summed E-state index contributed by atoms with van der Waals surface area (Å²) in [5.41, 5.74) is 12.1. The van der Waals surface area contributed by atoms with Gasteiger partial charge in [-0.05, 0) is 48.2 Å². The van der Waals surface area contributed by atoms with Crippen LogP contribution in [-0.4, -0.2) is 64.9 Å². The van der Waals surface area contributed by atoms with E-state index in [4.69, 9.17) is 11.5 Å². The van der Waals surface area contributed by atoms with Gasteiger partial charge in [0, 0.05) is 26.3 Å². The summed E-state index contributed by atoms with van der Waals surface area (Å²) in [7, 11) is 0. The lowest BCUT2D eigenvalue weighted by atomic mass is 10.0. The first kappa shape index (κ1) is 29.6. The Kier molecular flexibility index (Phi) is 11.6. The van der Waals surface area contributed by atoms with Gasteiger partial charge in [0.15, 0.2) is 0 Å². The predicted molar refractivity (Wildman–Crippen MR) is 141 cm³/mol. The topological polar surface area (TPSA) is 209 Å². The molecule has 9 N–H and O–H groups in total. The number of nitrogens with zero attached hydrogens (tertiary/aromatic N) is 1. The average molecular weight is 527 g/mol. The van der Waals surface area contributed by atoms with Crippen molar-refractivity contribution in [2.75, 3.05) is 6.54 Å². The normalized spacial score (nSPS) is 13.3. The molecule has 0 aromatic heterocycles. The Hall–Kier alpha value is -4.61. The first-order chi connectivity index (χ1) is 18.1. The van der Waals surface area contributed by atoms with E-state index in [0.29, 0.717) is 24.1 Å². The number of hydrogen-bond donors (Lipinski definition) is 7. The number of nitrogens with two attached hydrogens (primary N) is 2. The van der Waals surface area contributed by atoms with Crippen molar-refractivity contribution in [1.29, 1.82) is 0 Å². The fourth-order valence-corrected chi connectivity index (χ4v) is 3.69. The molecule has 12 nitrogen and oxygen atoms in total. The summed E-state index contributed by atoms with van der Waals surface area (Å²) in [5, 5.41) is 26.8. The zero-order valence-electron chi connectivity index (χ0n) is 21.1. The average Bonchev–Trinajstić information content (AvgIpc) is 2.87. The Bertz CT molecular complexity index is 1120. The van der Waals surface area contributed by atoms with E-state index < -0.39 is 41.8 Å². The van der Waals surface area contributed by atoms with Crippen LogP contribution in [0, 0.1) is 0 Å². The van der Waals surface area contributed by atoms with Gasteiger partial charge in [-0.3, -0.25) is 24.2 Å². The highest BCUT2D eigenvalue weighted by atomic mass is 16.3. The number of nitrogens with one attached hydrogen (secondary N) is 3. The van der Waals surface area contributed by atoms with Crippen molar-refractivity contribution in [1.82, 2.24) is 16.0 Å². The number of primary amides is 1. The van der Waals surface area contributed by atoms with Crippen molar-refractivity contribution in [3.63, 3.8) is 0 Å². The minimum absolute atomic E-state index is 0.0531. The van der Waals surface area contributed by atoms with Gasteiger partial charge in [-0.1, -0.05) is 24.3 Å². The van der Waals surface area contributed by atoms with Crippen LogP contribution in [0.4, 0.5) is 0 Å². The van der Waals surface area contributed by atoms with Crippen LogP contribution < -0.4 is 27.4 Å². The predicted octanol–water partition coefficient (Wildman–Crippen LogP) is -0.390. The number of phenols is 2. The van der Waals surface area contributed by atoms with Crippen molar-refractivity contribution in [3.05, 3.63) is 59.7 Å². The molecule has 12 heteroatoms. The lowest BCUT2D eigenvalue weighted by Crippen LogP contribution is -2.57. The van der Waals surface area contributed by atoms with Gasteiger partial charge in [-0.25, -0.2) is 0 Å². The van der Waals surface area contributed by atoms with Crippen LogP contribution >= 0.6 is 0 Å². The van der Waals surface area contributed by atoms with E-state index in [1.807, 2.05) is 0 Å². The molecule has 0 radical (unpaired) electrons.